The van der Waals surface area contributed by atoms with Gasteiger partial charge in [0.05, 0.1) is 6.10 Å². The molecule has 0 amide bonds. The van der Waals surface area contributed by atoms with Crippen molar-refractivity contribution in [2.45, 2.75) is 24.5 Å². The molecular weight excluding hydrogens is 212 g/mol. The summed E-state index contributed by atoms with van der Waals surface area (Å²) in [5.74, 6) is 0.852. The highest BCUT2D eigenvalue weighted by atomic mass is 16.3. The van der Waals surface area contributed by atoms with Gasteiger partial charge < -0.3 is 15.7 Å². The van der Waals surface area contributed by atoms with E-state index in [4.69, 9.17) is 0 Å². The predicted octanol–water partition coefficient (Wildman–Crippen LogP) is 1.06. The number of benzene rings is 1. The molecule has 3 nitrogen and oxygen atoms in total. The number of β-amino-alcohol motifs (C(OH)–C–C–N with tert-alkyl or cyclic N) is 1. The van der Waals surface area contributed by atoms with Crippen LogP contribution in [0.4, 0.5) is 0 Å². The molecule has 2 aliphatic heterocycles. The van der Waals surface area contributed by atoms with Gasteiger partial charge in [-0.1, -0.05) is 30.3 Å². The van der Waals surface area contributed by atoms with Gasteiger partial charge in [0.25, 0.3) is 0 Å². The van der Waals surface area contributed by atoms with Gasteiger partial charge in [-0.15, -0.1) is 0 Å². The fraction of sp³-hybridized carbons (Fsp3) is 0.571. The van der Waals surface area contributed by atoms with Crippen LogP contribution < -0.4 is 10.6 Å². The largest absolute Gasteiger partial charge is 0.387 e. The summed E-state index contributed by atoms with van der Waals surface area (Å²) in [6, 6.07) is 9.88. The second-order valence-electron chi connectivity index (χ2n) is 5.49. The Kier molecular flexibility index (Phi) is 2.90. The minimum atomic E-state index is -0.397. The molecular formula is C14H20N2O. The molecule has 17 heavy (non-hydrogen) atoms. The van der Waals surface area contributed by atoms with Gasteiger partial charge in [0.1, 0.15) is 0 Å². The topological polar surface area (TPSA) is 44.3 Å². The van der Waals surface area contributed by atoms with Gasteiger partial charge in [-0.3, -0.25) is 0 Å². The Labute approximate surface area is 102 Å². The first-order valence-corrected chi connectivity index (χ1v) is 6.46. The van der Waals surface area contributed by atoms with Gasteiger partial charge in [-0.2, -0.15) is 0 Å². The molecule has 3 aliphatic rings. The molecule has 3 N–H and O–H groups in total. The first-order chi connectivity index (χ1) is 8.27. The summed E-state index contributed by atoms with van der Waals surface area (Å²) in [4.78, 5) is 0. The average Bonchev–Trinajstić information content (AvgIpc) is 2.37. The van der Waals surface area contributed by atoms with Crippen molar-refractivity contribution in [3.8, 4) is 0 Å². The van der Waals surface area contributed by atoms with Crippen molar-refractivity contribution >= 4 is 0 Å². The number of piperidine rings is 2. The fourth-order valence-corrected chi connectivity index (χ4v) is 3.16. The van der Waals surface area contributed by atoms with Crippen molar-refractivity contribution in [2.75, 3.05) is 19.6 Å². The number of rotatable bonds is 4. The van der Waals surface area contributed by atoms with Crippen LogP contribution in [0.2, 0.25) is 0 Å². The lowest BCUT2D eigenvalue weighted by Crippen LogP contribution is -2.67. The summed E-state index contributed by atoms with van der Waals surface area (Å²) in [6.07, 6.45) is 2.13. The number of fused-ring (bicyclic) bond motifs is 2. The molecule has 0 radical (unpaired) electrons. The average molecular weight is 232 g/mol. The van der Waals surface area contributed by atoms with Crippen LogP contribution in [-0.2, 0) is 0 Å². The van der Waals surface area contributed by atoms with Gasteiger partial charge in [0.15, 0.2) is 0 Å². The van der Waals surface area contributed by atoms with Crippen molar-refractivity contribution in [3.05, 3.63) is 35.9 Å². The maximum atomic E-state index is 10.1. The molecule has 1 aromatic carbocycles. The Balaban J connectivity index is 1.54. The second-order valence-corrected chi connectivity index (χ2v) is 5.49. The van der Waals surface area contributed by atoms with E-state index in [2.05, 4.69) is 10.6 Å². The molecule has 3 fully saturated rings. The molecule has 4 rings (SSSR count). The van der Waals surface area contributed by atoms with E-state index in [1.165, 1.54) is 19.4 Å². The van der Waals surface area contributed by atoms with Crippen LogP contribution in [-0.4, -0.2) is 30.3 Å². The Bertz CT molecular complexity index is 368. The summed E-state index contributed by atoms with van der Waals surface area (Å²) in [6.45, 7) is 2.87. The highest BCUT2D eigenvalue weighted by Crippen LogP contribution is 2.40. The molecule has 1 atom stereocenters. The molecule has 1 unspecified atom stereocenters. The maximum absolute atomic E-state index is 10.1. The number of hydrogen-bond donors (Lipinski definition) is 3. The summed E-state index contributed by atoms with van der Waals surface area (Å²) >= 11 is 0. The quantitative estimate of drug-likeness (QED) is 0.727. The SMILES string of the molecule is OC(CNC12CNCC(C1)C2)c1ccccc1. The van der Waals surface area contributed by atoms with Crippen molar-refractivity contribution in [1.82, 2.24) is 10.6 Å². The molecule has 1 saturated carbocycles. The molecule has 1 aromatic rings. The number of nitrogens with one attached hydrogen (secondary N) is 2. The minimum absolute atomic E-state index is 0.263. The van der Waals surface area contributed by atoms with Crippen molar-refractivity contribution in [3.63, 3.8) is 0 Å². The normalized spacial score (nSPS) is 32.9. The number of aliphatic hydroxyl groups excluding tert-OH is 1. The van der Waals surface area contributed by atoms with E-state index in [0.717, 1.165) is 18.0 Å². The van der Waals surface area contributed by atoms with Crippen LogP contribution >= 0.6 is 0 Å². The van der Waals surface area contributed by atoms with Gasteiger partial charge in [0, 0.05) is 18.6 Å². The van der Waals surface area contributed by atoms with Gasteiger partial charge in [-0.25, -0.2) is 0 Å². The Morgan fingerprint density at radius 2 is 2.12 bits per heavy atom. The van der Waals surface area contributed by atoms with E-state index < -0.39 is 6.10 Å². The Morgan fingerprint density at radius 3 is 2.76 bits per heavy atom. The van der Waals surface area contributed by atoms with Crippen LogP contribution in [0.3, 0.4) is 0 Å². The van der Waals surface area contributed by atoms with Crippen molar-refractivity contribution in [1.29, 1.82) is 0 Å². The van der Waals surface area contributed by atoms with Crippen LogP contribution in [0.15, 0.2) is 30.3 Å². The van der Waals surface area contributed by atoms with E-state index in [9.17, 15) is 5.11 Å². The highest BCUT2D eigenvalue weighted by Gasteiger charge is 2.46. The van der Waals surface area contributed by atoms with Gasteiger partial charge >= 0.3 is 0 Å². The summed E-state index contributed by atoms with van der Waals surface area (Å²) < 4.78 is 0. The standard InChI is InChI=1S/C14H20N2O/c17-13(12-4-2-1-3-5-12)9-16-14-6-11(7-14)8-15-10-14/h1-5,11,13,15-17H,6-10H2. The van der Waals surface area contributed by atoms with E-state index in [0.29, 0.717) is 6.54 Å². The third kappa shape index (κ3) is 2.23. The lowest BCUT2D eigenvalue weighted by atomic mass is 9.65. The zero-order valence-electron chi connectivity index (χ0n) is 10.0. The zero-order valence-corrected chi connectivity index (χ0v) is 10.0. The molecule has 92 valence electrons. The lowest BCUT2D eigenvalue weighted by molar-refractivity contribution is 0.0448. The number of aliphatic hydroxyl groups is 1. The van der Waals surface area contributed by atoms with Crippen molar-refractivity contribution < 1.29 is 5.11 Å². The minimum Gasteiger partial charge on any atom is -0.387 e. The maximum Gasteiger partial charge on any atom is 0.0914 e. The predicted molar refractivity (Wildman–Crippen MR) is 67.7 cm³/mol. The molecule has 0 spiro atoms. The molecule has 0 aromatic heterocycles. The van der Waals surface area contributed by atoms with E-state index >= 15 is 0 Å². The van der Waals surface area contributed by atoms with E-state index in [1.807, 2.05) is 30.3 Å². The third-order valence-electron chi connectivity index (χ3n) is 4.11. The Morgan fingerprint density at radius 1 is 1.35 bits per heavy atom. The highest BCUT2D eigenvalue weighted by molar-refractivity contribution is 5.18. The smallest absolute Gasteiger partial charge is 0.0914 e. The van der Waals surface area contributed by atoms with Crippen LogP contribution in [0.1, 0.15) is 24.5 Å². The summed E-state index contributed by atoms with van der Waals surface area (Å²) in [5, 5.41) is 17.1. The zero-order chi connectivity index (χ0) is 11.7. The molecule has 2 bridgehead atoms. The van der Waals surface area contributed by atoms with Crippen molar-refractivity contribution in [2.24, 2.45) is 5.92 Å². The first kappa shape index (κ1) is 11.2. The summed E-state index contributed by atoms with van der Waals surface area (Å²) in [7, 11) is 0. The second kappa shape index (κ2) is 4.41. The van der Waals surface area contributed by atoms with Crippen LogP contribution in [0.25, 0.3) is 0 Å². The Hall–Kier alpha value is -0.900. The number of hydrogen-bond acceptors (Lipinski definition) is 3. The molecule has 2 saturated heterocycles. The summed E-state index contributed by atoms with van der Waals surface area (Å²) in [5.41, 5.74) is 1.26. The van der Waals surface area contributed by atoms with E-state index in [-0.39, 0.29) is 5.54 Å². The lowest BCUT2D eigenvalue weighted by Gasteiger charge is -2.53. The van der Waals surface area contributed by atoms with E-state index in [1.54, 1.807) is 0 Å². The molecule has 3 heteroatoms. The third-order valence-corrected chi connectivity index (χ3v) is 4.11. The van der Waals surface area contributed by atoms with Gasteiger partial charge in [-0.05, 0) is 30.9 Å². The monoisotopic (exact) mass is 232 g/mol. The molecule has 2 heterocycles. The van der Waals surface area contributed by atoms with Gasteiger partial charge in [0.2, 0.25) is 0 Å². The van der Waals surface area contributed by atoms with Crippen LogP contribution in [0.5, 0.6) is 0 Å². The fourth-order valence-electron chi connectivity index (χ4n) is 3.16. The first-order valence-electron chi connectivity index (χ1n) is 6.46. The van der Waals surface area contributed by atoms with Crippen LogP contribution in [0, 0.1) is 5.92 Å². The molecule has 1 aliphatic carbocycles.